The number of hydrogen-bond donors (Lipinski definition) is 5. The molecule has 4 aromatic carbocycles. The van der Waals surface area contributed by atoms with Crippen LogP contribution in [-0.2, 0) is 10.4 Å². The summed E-state index contributed by atoms with van der Waals surface area (Å²) in [6.07, 6.45) is 28.0. The van der Waals surface area contributed by atoms with Gasteiger partial charge < -0.3 is 69.5 Å². The number of likely N-dealkylation sites (N-methyl/N-ethyl adjacent to an activating group) is 3. The molecule has 4 aromatic heterocycles. The first-order chi connectivity index (χ1) is 61.5. The maximum atomic E-state index is 14.9. The van der Waals surface area contributed by atoms with Gasteiger partial charge in [-0.2, -0.15) is 0 Å². The zero-order valence-corrected chi connectivity index (χ0v) is 76.1. The fraction of sp³-hybridized carbons (Fsp3) is 0.677. The Kier molecular flexibility index (Phi) is 28.4. The number of halogens is 1. The number of aliphatic hydroxyl groups excluding tert-OH is 5. The number of fused-ring (bicyclic) bond motifs is 4. The first kappa shape index (κ1) is 88.8. The molecule has 8 aliphatic carbocycles. The average Bonchev–Trinajstić information content (AvgIpc) is 1.54. The van der Waals surface area contributed by atoms with Crippen LogP contribution in [0.25, 0.3) is 43.6 Å². The van der Waals surface area contributed by atoms with Crippen LogP contribution in [0.3, 0.4) is 0 Å². The third-order valence-corrected chi connectivity index (χ3v) is 30.4. The zero-order chi connectivity index (χ0) is 86.5. The Bertz CT molecular complexity index is 4790. The van der Waals surface area contributed by atoms with Gasteiger partial charge in [-0.05, 0) is 213 Å². The largest absolute Gasteiger partial charge is 0.395 e. The molecular formula is C99H143FN20O6. The second-order valence-electron chi connectivity index (χ2n) is 39.3. The average molecular weight is 1730 g/mol. The van der Waals surface area contributed by atoms with Crippen molar-refractivity contribution in [2.24, 2.45) is 11.8 Å². The normalized spacial score (nSPS) is 24.8. The van der Waals surface area contributed by atoms with Gasteiger partial charge in [-0.1, -0.05) is 39.0 Å². The second-order valence-corrected chi connectivity index (χ2v) is 39.3. The van der Waals surface area contributed by atoms with Crippen molar-refractivity contribution in [1.29, 1.82) is 0 Å². The molecule has 126 heavy (non-hydrogen) atoms. The highest BCUT2D eigenvalue weighted by Gasteiger charge is 2.49. The Morgan fingerprint density at radius 1 is 0.365 bits per heavy atom. The van der Waals surface area contributed by atoms with Crippen LogP contribution in [0.4, 0.5) is 50.4 Å². The Hall–Kier alpha value is -7.83. The molecule has 13 aliphatic rings. The number of morpholine rings is 1. The SMILES string of the molecule is CCCN(C)c1ccc2nc(C3CC3)nc(N3CCN(C4CCCC4O)CC3)c2c1.CN(CCN1CCOCC1)c1ccc2nc(C3CC3)nc(N3CCN(C4CCCC4O)CC3)c2c1.CN(CCO)c1ccc2nc(C3(F)CC3)nc(N3CCC(C4CCCCC4)CC3)c2c1.CN(CCO)c1ccc2nc(C3CC3)nc(N3CCN(C4CCCC4O)CC3)c2c1. The summed E-state index contributed by atoms with van der Waals surface area (Å²) in [7, 11) is 8.33. The lowest BCUT2D eigenvalue weighted by atomic mass is 9.76. The molecular weight excluding hydrogens is 1580 g/mol. The third kappa shape index (κ3) is 20.8. The molecule has 8 aromatic rings. The van der Waals surface area contributed by atoms with E-state index < -0.39 is 5.67 Å². The summed E-state index contributed by atoms with van der Waals surface area (Å²) in [4.78, 5) is 67.9. The van der Waals surface area contributed by atoms with E-state index in [2.05, 4.69) is 141 Å². The molecule has 0 bridgehead atoms. The van der Waals surface area contributed by atoms with Crippen LogP contribution in [0, 0.1) is 11.8 Å². The van der Waals surface area contributed by atoms with Crippen molar-refractivity contribution in [3.63, 3.8) is 0 Å². The van der Waals surface area contributed by atoms with Crippen LogP contribution in [-0.4, -0.2) is 313 Å². The summed E-state index contributed by atoms with van der Waals surface area (Å²) in [5.41, 5.74) is 7.20. The molecule has 6 atom stereocenters. The lowest BCUT2D eigenvalue weighted by Gasteiger charge is -2.40. The summed E-state index contributed by atoms with van der Waals surface area (Å²) in [6.45, 7) is 24.1. The molecule has 26 nitrogen and oxygen atoms in total. The Balaban J connectivity index is 0.000000114. The molecule has 5 aliphatic heterocycles. The second kappa shape index (κ2) is 40.3. The van der Waals surface area contributed by atoms with Crippen molar-refractivity contribution in [1.82, 2.24) is 59.5 Å². The molecule has 9 heterocycles. The standard InChI is InChI=1S/C27H40N6O2.C25H35FN4O.C24H35N5O.C23H33N5O2/c1-30(9-10-31-15-17-35-18-16-31)21-7-8-23-22(19-21)27(29-26(28-23)20-5-6-20)33-13-11-32(12-14-33)24-3-2-4-25(24)34;1-29(15-16-31)20-7-8-22-21(17-20)23(28-24(27-22)25(26)11-12-25)30-13-9-19(10-14-30)18-5-3-2-4-6-18;1-3-11-27(2)18-9-10-20-19(16-18)24(26-23(25-20)17-7-8-17)29-14-12-28(13-15-29)21-5-4-6-22(21)30;1-26(13-14-29)17-7-8-19-18(15-17)23(25-22(24-19)16-5-6-16)28-11-9-27(10-12-28)20-3-2-4-21(20)30/h7-8,19-20,24-25,34H,2-6,9-18H2,1H3;7-8,17-19,31H,2-6,9-16H2,1H3;9-10,16-17,21-22,30H,3-8,11-15H2,1-2H3;7-8,15-16,20-21,29-30H,2-6,9-14H2,1H3. The van der Waals surface area contributed by atoms with Crippen LogP contribution in [0.15, 0.2) is 72.8 Å². The number of aliphatic hydroxyl groups is 5. The van der Waals surface area contributed by atoms with Crippen molar-refractivity contribution in [2.75, 3.05) is 231 Å². The number of hydrogen-bond acceptors (Lipinski definition) is 26. The van der Waals surface area contributed by atoms with E-state index in [4.69, 9.17) is 39.6 Å². The van der Waals surface area contributed by atoms with Gasteiger partial charge in [-0.15, -0.1) is 0 Å². The number of alkyl halides is 1. The Labute approximate surface area is 746 Å². The van der Waals surface area contributed by atoms with Crippen molar-refractivity contribution in [3.05, 3.63) is 96.1 Å². The minimum atomic E-state index is -1.34. The maximum absolute atomic E-state index is 14.9. The highest BCUT2D eigenvalue weighted by Crippen LogP contribution is 2.50. The van der Waals surface area contributed by atoms with E-state index in [0.29, 0.717) is 67.6 Å². The number of piperazine rings is 3. The quantitative estimate of drug-likeness (QED) is 0.0356. The van der Waals surface area contributed by atoms with Gasteiger partial charge in [0.15, 0.2) is 11.5 Å². The van der Waals surface area contributed by atoms with Gasteiger partial charge in [-0.3, -0.25) is 19.6 Å². The van der Waals surface area contributed by atoms with Crippen molar-refractivity contribution in [2.45, 2.75) is 227 Å². The van der Waals surface area contributed by atoms with Gasteiger partial charge in [0.2, 0.25) is 0 Å². The van der Waals surface area contributed by atoms with Crippen LogP contribution in [0.2, 0.25) is 0 Å². The first-order valence-corrected chi connectivity index (χ1v) is 49.1. The van der Waals surface area contributed by atoms with Crippen LogP contribution in [0.1, 0.15) is 208 Å². The topological polar surface area (TPSA) is 252 Å². The van der Waals surface area contributed by atoms with Gasteiger partial charge in [0, 0.05) is 246 Å². The lowest BCUT2D eigenvalue weighted by Crippen LogP contribution is -2.52. The van der Waals surface area contributed by atoms with Gasteiger partial charge in [0.25, 0.3) is 0 Å². The fourth-order valence-electron chi connectivity index (χ4n) is 21.8. The highest BCUT2D eigenvalue weighted by atomic mass is 19.1. The molecule has 5 N–H and O–H groups in total. The number of benzene rings is 4. The van der Waals surface area contributed by atoms with E-state index >= 15 is 0 Å². The van der Waals surface area contributed by atoms with Crippen molar-refractivity contribution < 1.29 is 34.7 Å². The maximum Gasteiger partial charge on any atom is 0.170 e. The number of anilines is 8. The molecule has 0 amide bonds. The van der Waals surface area contributed by atoms with Gasteiger partial charge in [0.05, 0.1) is 66.8 Å². The van der Waals surface area contributed by atoms with E-state index in [-0.39, 0.29) is 31.5 Å². The zero-order valence-electron chi connectivity index (χ0n) is 76.1. The number of piperidine rings is 1. The summed E-state index contributed by atoms with van der Waals surface area (Å²) in [5.74, 6) is 10.9. The number of aromatic nitrogens is 8. The molecule has 682 valence electrons. The van der Waals surface area contributed by atoms with E-state index in [9.17, 15) is 29.9 Å². The number of nitrogens with zero attached hydrogens (tertiary/aromatic N) is 20. The lowest BCUT2D eigenvalue weighted by molar-refractivity contribution is 0.0393. The first-order valence-electron chi connectivity index (χ1n) is 49.1. The fourth-order valence-corrected chi connectivity index (χ4v) is 21.8. The predicted octanol–water partition coefficient (Wildman–Crippen LogP) is 12.5. The van der Waals surface area contributed by atoms with Gasteiger partial charge in [-0.25, -0.2) is 44.3 Å². The molecule has 0 spiro atoms. The van der Waals surface area contributed by atoms with E-state index in [0.717, 1.165) is 299 Å². The summed E-state index contributed by atoms with van der Waals surface area (Å²) in [5, 5.41) is 54.1. The summed E-state index contributed by atoms with van der Waals surface area (Å²) < 4.78 is 20.4. The molecule has 13 fully saturated rings. The molecule has 0 radical (unpaired) electrons. The Morgan fingerprint density at radius 3 is 1.05 bits per heavy atom. The minimum absolute atomic E-state index is 0.107. The molecule has 5 saturated heterocycles. The van der Waals surface area contributed by atoms with Crippen molar-refractivity contribution >= 4 is 89.6 Å². The number of ether oxygens (including phenoxy) is 1. The van der Waals surface area contributed by atoms with Crippen LogP contribution >= 0.6 is 0 Å². The van der Waals surface area contributed by atoms with Crippen LogP contribution < -0.4 is 39.2 Å². The smallest absolute Gasteiger partial charge is 0.170 e. The monoisotopic (exact) mass is 1730 g/mol. The molecule has 21 rings (SSSR count). The molecule has 27 heteroatoms. The highest BCUT2D eigenvalue weighted by molar-refractivity contribution is 5.95. The Morgan fingerprint density at radius 2 is 0.706 bits per heavy atom. The van der Waals surface area contributed by atoms with E-state index in [1.807, 2.05) is 31.1 Å². The summed E-state index contributed by atoms with van der Waals surface area (Å²) in [6, 6.07) is 26.8. The predicted molar refractivity (Wildman–Crippen MR) is 505 cm³/mol. The van der Waals surface area contributed by atoms with Gasteiger partial charge in [0.1, 0.15) is 40.7 Å². The summed E-state index contributed by atoms with van der Waals surface area (Å²) >= 11 is 0. The van der Waals surface area contributed by atoms with Gasteiger partial charge >= 0.3 is 0 Å². The van der Waals surface area contributed by atoms with E-state index in [1.54, 1.807) is 0 Å². The van der Waals surface area contributed by atoms with E-state index in [1.165, 1.54) is 106 Å². The third-order valence-electron chi connectivity index (χ3n) is 30.4. The molecule has 6 unspecified atom stereocenters. The minimum Gasteiger partial charge on any atom is -0.395 e. The number of rotatable bonds is 25. The van der Waals surface area contributed by atoms with Crippen molar-refractivity contribution in [3.8, 4) is 0 Å². The van der Waals surface area contributed by atoms with Crippen LogP contribution in [0.5, 0.6) is 0 Å². The molecule has 8 saturated carbocycles.